The highest BCUT2D eigenvalue weighted by molar-refractivity contribution is 5.78. The Kier molecular flexibility index (Phi) is 10.4. The molecule has 2 N–H and O–H groups in total. The van der Waals surface area contributed by atoms with Gasteiger partial charge in [0, 0.05) is 37.1 Å². The first-order valence-corrected chi connectivity index (χ1v) is 12.0. The van der Waals surface area contributed by atoms with Crippen LogP contribution in [0.4, 0.5) is 0 Å². The maximum Gasteiger partial charge on any atom is 0.223 e. The molecule has 0 aliphatic heterocycles. The third kappa shape index (κ3) is 8.61. The lowest BCUT2D eigenvalue weighted by molar-refractivity contribution is -0.120. The average Bonchev–Trinajstić information content (AvgIpc) is 3.42. The molecule has 2 aromatic carbocycles. The largest absolute Gasteiger partial charge is 0.493 e. The van der Waals surface area contributed by atoms with E-state index in [1.54, 1.807) is 26.7 Å². The van der Waals surface area contributed by atoms with Crippen molar-refractivity contribution in [3.05, 3.63) is 78.4 Å². The lowest BCUT2D eigenvalue weighted by Gasteiger charge is -2.14. The molecule has 0 bridgehead atoms. The Morgan fingerprint density at radius 1 is 1.09 bits per heavy atom. The summed E-state index contributed by atoms with van der Waals surface area (Å²) in [6.45, 7) is 3.73. The predicted molar refractivity (Wildman–Crippen MR) is 140 cm³/mol. The molecule has 0 aliphatic rings. The number of methoxy groups -OCH3 is 2. The van der Waals surface area contributed by atoms with Crippen molar-refractivity contribution < 1.29 is 14.3 Å². The summed E-state index contributed by atoms with van der Waals surface area (Å²) in [5.74, 6) is 1.55. The first kappa shape index (κ1) is 26.0. The van der Waals surface area contributed by atoms with Crippen molar-refractivity contribution >= 4 is 12.0 Å². The van der Waals surface area contributed by atoms with Gasteiger partial charge in [-0.1, -0.05) is 30.4 Å². The van der Waals surface area contributed by atoms with Gasteiger partial charge in [-0.05, 0) is 68.1 Å². The Morgan fingerprint density at radius 3 is 2.60 bits per heavy atom. The minimum absolute atomic E-state index is 0.0388. The number of ether oxygens (including phenoxy) is 2. The second-order valence-corrected chi connectivity index (χ2v) is 8.45. The zero-order valence-corrected chi connectivity index (χ0v) is 20.9. The van der Waals surface area contributed by atoms with E-state index in [1.165, 1.54) is 5.56 Å². The molecular formula is C28H36N4O3. The number of aromatic nitrogens is 2. The molecule has 0 radical (unpaired) electrons. The van der Waals surface area contributed by atoms with Gasteiger partial charge in [-0.2, -0.15) is 0 Å². The van der Waals surface area contributed by atoms with Crippen molar-refractivity contribution in [1.82, 2.24) is 20.2 Å². The van der Waals surface area contributed by atoms with E-state index in [2.05, 4.69) is 28.6 Å². The molecule has 0 saturated carbocycles. The van der Waals surface area contributed by atoms with Crippen molar-refractivity contribution in [2.45, 2.75) is 38.6 Å². The fourth-order valence-corrected chi connectivity index (χ4v) is 3.75. The number of nitrogens with zero attached hydrogens (tertiary/aromatic N) is 2. The molecule has 1 atom stereocenters. The lowest BCUT2D eigenvalue weighted by Crippen LogP contribution is -2.32. The highest BCUT2D eigenvalue weighted by atomic mass is 16.5. The highest BCUT2D eigenvalue weighted by Crippen LogP contribution is 2.27. The number of carbonyl (C=O) groups excluding carboxylic acids is 1. The summed E-state index contributed by atoms with van der Waals surface area (Å²) < 4.78 is 12.6. The fraction of sp³-hybridized carbons (Fsp3) is 0.357. The third-order valence-electron chi connectivity index (χ3n) is 5.79. The third-order valence-corrected chi connectivity index (χ3v) is 5.79. The highest BCUT2D eigenvalue weighted by Gasteiger charge is 2.06. The smallest absolute Gasteiger partial charge is 0.223 e. The molecule has 3 aromatic rings. The first-order valence-electron chi connectivity index (χ1n) is 12.0. The van der Waals surface area contributed by atoms with Gasteiger partial charge in [0.15, 0.2) is 11.5 Å². The number of hydrogen-bond acceptors (Lipinski definition) is 5. The number of rotatable bonds is 14. The molecule has 1 aromatic heterocycles. The fourth-order valence-electron chi connectivity index (χ4n) is 3.75. The van der Waals surface area contributed by atoms with Gasteiger partial charge in [0.2, 0.25) is 5.91 Å². The Labute approximate surface area is 208 Å². The van der Waals surface area contributed by atoms with Crippen molar-refractivity contribution in [2.75, 3.05) is 27.3 Å². The summed E-state index contributed by atoms with van der Waals surface area (Å²) in [4.78, 5) is 16.2. The number of amides is 1. The van der Waals surface area contributed by atoms with Gasteiger partial charge in [0.05, 0.1) is 20.5 Å². The van der Waals surface area contributed by atoms with Crippen molar-refractivity contribution in [3.8, 4) is 17.2 Å². The maximum absolute atomic E-state index is 12.1. The van der Waals surface area contributed by atoms with E-state index in [9.17, 15) is 4.79 Å². The van der Waals surface area contributed by atoms with Crippen LogP contribution in [0.25, 0.3) is 11.8 Å². The molecule has 7 heteroatoms. The molecular weight excluding hydrogens is 440 g/mol. The van der Waals surface area contributed by atoms with Crippen LogP contribution in [-0.4, -0.2) is 48.8 Å². The summed E-state index contributed by atoms with van der Waals surface area (Å²) in [7, 11) is 3.30. The molecule has 35 heavy (non-hydrogen) atoms. The van der Waals surface area contributed by atoms with E-state index in [-0.39, 0.29) is 5.91 Å². The second kappa shape index (κ2) is 14.0. The van der Waals surface area contributed by atoms with Crippen LogP contribution in [0.2, 0.25) is 0 Å². The molecule has 0 saturated heterocycles. The van der Waals surface area contributed by atoms with E-state index in [0.717, 1.165) is 48.6 Å². The molecule has 0 spiro atoms. The van der Waals surface area contributed by atoms with Crippen LogP contribution < -0.4 is 20.1 Å². The summed E-state index contributed by atoms with van der Waals surface area (Å²) in [6, 6.07) is 14.5. The number of benzene rings is 2. The first-order chi connectivity index (χ1) is 17.1. The minimum atomic E-state index is 0.0388. The van der Waals surface area contributed by atoms with Crippen LogP contribution in [-0.2, 0) is 11.2 Å². The van der Waals surface area contributed by atoms with E-state index in [1.807, 2.05) is 59.3 Å². The molecule has 186 valence electrons. The Hall–Kier alpha value is -3.58. The van der Waals surface area contributed by atoms with Gasteiger partial charge in [-0.25, -0.2) is 4.98 Å². The van der Waals surface area contributed by atoms with Crippen LogP contribution in [0.15, 0.2) is 67.3 Å². The maximum atomic E-state index is 12.1. The van der Waals surface area contributed by atoms with Crippen molar-refractivity contribution in [1.29, 1.82) is 0 Å². The van der Waals surface area contributed by atoms with E-state index >= 15 is 0 Å². The van der Waals surface area contributed by atoms with Gasteiger partial charge < -0.3 is 24.7 Å². The van der Waals surface area contributed by atoms with Gasteiger partial charge in [0.25, 0.3) is 0 Å². The van der Waals surface area contributed by atoms with Crippen LogP contribution in [0.1, 0.15) is 37.3 Å². The van der Waals surface area contributed by atoms with Gasteiger partial charge in [-0.3, -0.25) is 4.79 Å². The van der Waals surface area contributed by atoms with Crippen LogP contribution in [0, 0.1) is 0 Å². The van der Waals surface area contributed by atoms with E-state index < -0.39 is 0 Å². The number of carbonyl (C=O) groups is 1. The molecule has 3 rings (SSSR count). The Bertz CT molecular complexity index is 1060. The molecule has 1 unspecified atom stereocenters. The summed E-state index contributed by atoms with van der Waals surface area (Å²) in [5, 5.41) is 6.53. The molecule has 1 heterocycles. The van der Waals surface area contributed by atoms with Crippen LogP contribution in [0.3, 0.4) is 0 Å². The summed E-state index contributed by atoms with van der Waals surface area (Å²) in [6.07, 6.45) is 12.6. The predicted octanol–water partition coefficient (Wildman–Crippen LogP) is 4.41. The van der Waals surface area contributed by atoms with Gasteiger partial charge >= 0.3 is 0 Å². The zero-order valence-electron chi connectivity index (χ0n) is 20.9. The molecule has 1 amide bonds. The number of nitrogens with one attached hydrogen (secondary N) is 2. The lowest BCUT2D eigenvalue weighted by atomic mass is 10.1. The average molecular weight is 477 g/mol. The van der Waals surface area contributed by atoms with E-state index in [4.69, 9.17) is 9.47 Å². The van der Waals surface area contributed by atoms with Crippen molar-refractivity contribution in [2.24, 2.45) is 0 Å². The summed E-state index contributed by atoms with van der Waals surface area (Å²) >= 11 is 0. The molecule has 7 nitrogen and oxygen atoms in total. The van der Waals surface area contributed by atoms with E-state index in [0.29, 0.717) is 19.0 Å². The minimum Gasteiger partial charge on any atom is -0.493 e. The Morgan fingerprint density at radius 2 is 1.89 bits per heavy atom. The second-order valence-electron chi connectivity index (χ2n) is 8.45. The normalized spacial score (nSPS) is 12.0. The van der Waals surface area contributed by atoms with Gasteiger partial charge in [-0.15, -0.1) is 0 Å². The van der Waals surface area contributed by atoms with Gasteiger partial charge in [0.1, 0.15) is 0 Å². The molecule has 0 aliphatic carbocycles. The molecule has 0 fully saturated rings. The van der Waals surface area contributed by atoms with Crippen LogP contribution >= 0.6 is 0 Å². The Balaban J connectivity index is 1.27. The quantitative estimate of drug-likeness (QED) is 0.337. The SMILES string of the molecule is COc1ccc(CCCNC(C)CCNC(=O)C/C=C/c2ccc(-n3ccnc3)cc2)cc1OC. The van der Waals surface area contributed by atoms with Crippen molar-refractivity contribution in [3.63, 3.8) is 0 Å². The topological polar surface area (TPSA) is 77.4 Å². The summed E-state index contributed by atoms with van der Waals surface area (Å²) in [5.41, 5.74) is 3.35. The number of imidazole rings is 1. The van der Waals surface area contributed by atoms with Crippen LogP contribution in [0.5, 0.6) is 11.5 Å². The monoisotopic (exact) mass is 476 g/mol. The standard InChI is InChI=1S/C28H36N4O3/c1-22(30-16-5-7-24-11-14-26(34-2)27(20-24)35-3)15-17-31-28(33)8-4-6-23-9-12-25(13-10-23)32-19-18-29-21-32/h4,6,9-14,18-22,30H,5,7-8,15-17H2,1-3H3,(H,31,33)/b6-4+. The number of aryl methyl sites for hydroxylation is 1. The number of hydrogen-bond donors (Lipinski definition) is 2. The zero-order chi connectivity index (χ0) is 24.9.